The van der Waals surface area contributed by atoms with E-state index in [1.54, 1.807) is 13.1 Å². The number of nitriles is 1. The molecule has 0 bridgehead atoms. The van der Waals surface area contributed by atoms with Crippen LogP contribution in [0.2, 0.25) is 0 Å². The Labute approximate surface area is 48.5 Å². The zero-order valence-electron chi connectivity index (χ0n) is 4.72. The Kier molecular flexibility index (Phi) is 2.63. The van der Waals surface area contributed by atoms with Crippen molar-refractivity contribution in [2.24, 2.45) is 0 Å². The molecule has 0 aliphatic rings. The number of amides is 1. The van der Waals surface area contributed by atoms with E-state index in [1.165, 1.54) is 0 Å². The van der Waals surface area contributed by atoms with Crippen molar-refractivity contribution in [3.63, 3.8) is 0 Å². The van der Waals surface area contributed by atoms with E-state index in [1.807, 2.05) is 0 Å². The summed E-state index contributed by atoms with van der Waals surface area (Å²) in [5.74, 6) is -0.449. The Balaban J connectivity index is 3.76. The van der Waals surface area contributed by atoms with Crippen LogP contribution in [0.5, 0.6) is 0 Å². The second-order valence-electron chi connectivity index (χ2n) is 1.24. The molecule has 0 heterocycles. The van der Waals surface area contributed by atoms with Crippen LogP contribution in [0.25, 0.3) is 0 Å². The van der Waals surface area contributed by atoms with Crippen LogP contribution >= 0.6 is 0 Å². The van der Waals surface area contributed by atoms with Crippen molar-refractivity contribution in [1.82, 2.24) is 4.90 Å². The molecule has 0 saturated heterocycles. The molecule has 43 valence electrons. The van der Waals surface area contributed by atoms with Gasteiger partial charge in [0.1, 0.15) is 0 Å². The summed E-state index contributed by atoms with van der Waals surface area (Å²) in [7, 11) is 0. The number of carbonyl (C=O) groups excluding carboxylic acids is 1. The van der Waals surface area contributed by atoms with Crippen LogP contribution in [0.15, 0.2) is 0 Å². The lowest BCUT2D eigenvalue weighted by Gasteiger charge is -2.04. The van der Waals surface area contributed by atoms with Gasteiger partial charge in [0.05, 0.1) is 0 Å². The van der Waals surface area contributed by atoms with Crippen LogP contribution in [-0.4, -0.2) is 17.4 Å². The third-order valence-corrected chi connectivity index (χ3v) is 0.738. The van der Waals surface area contributed by atoms with E-state index in [0.717, 1.165) is 4.90 Å². The molecule has 0 aliphatic heterocycles. The number of hydrogen-bond acceptors (Lipinski definition) is 2. The van der Waals surface area contributed by atoms with Crippen LogP contribution in [0, 0.1) is 18.4 Å². The summed E-state index contributed by atoms with van der Waals surface area (Å²) in [4.78, 5) is 11.2. The molecule has 0 N–H and O–H groups in total. The van der Waals surface area contributed by atoms with Gasteiger partial charge in [0.25, 0.3) is 0 Å². The summed E-state index contributed by atoms with van der Waals surface area (Å²) >= 11 is 0. The Bertz CT molecular complexity index is 125. The fourth-order valence-electron chi connectivity index (χ4n) is 0.303. The standard InChI is InChI=1S/C5H7N2O/c1-3-7(4-6)5(2)8/h2-3H2,1H3. The van der Waals surface area contributed by atoms with Crippen LogP contribution in [0.3, 0.4) is 0 Å². The SMILES string of the molecule is [CH2]C(=O)N(C#N)CC. The van der Waals surface area contributed by atoms with Crippen molar-refractivity contribution in [3.8, 4) is 6.19 Å². The topological polar surface area (TPSA) is 44.1 Å². The number of nitrogens with zero attached hydrogens (tertiary/aromatic N) is 2. The van der Waals surface area contributed by atoms with Crippen LogP contribution in [0.1, 0.15) is 6.92 Å². The molecule has 0 saturated carbocycles. The highest BCUT2D eigenvalue weighted by Gasteiger charge is 2.00. The van der Waals surface area contributed by atoms with Crippen LogP contribution in [0.4, 0.5) is 0 Å². The van der Waals surface area contributed by atoms with E-state index in [0.29, 0.717) is 6.54 Å². The molecule has 0 unspecified atom stereocenters. The molecule has 0 atom stereocenters. The zero-order chi connectivity index (χ0) is 6.57. The average molecular weight is 111 g/mol. The molecule has 8 heavy (non-hydrogen) atoms. The average Bonchev–Trinajstić information content (AvgIpc) is 1.69. The first-order valence-electron chi connectivity index (χ1n) is 2.25. The Morgan fingerprint density at radius 2 is 2.50 bits per heavy atom. The molecule has 1 amide bonds. The molecule has 3 heteroatoms. The number of rotatable bonds is 1. The summed E-state index contributed by atoms with van der Waals surface area (Å²) in [5, 5.41) is 8.11. The predicted molar refractivity (Wildman–Crippen MR) is 28.4 cm³/mol. The quantitative estimate of drug-likeness (QED) is 0.357. The largest absolute Gasteiger partial charge is 0.274 e. The minimum Gasteiger partial charge on any atom is -0.274 e. The van der Waals surface area contributed by atoms with E-state index >= 15 is 0 Å². The van der Waals surface area contributed by atoms with Crippen LogP contribution in [-0.2, 0) is 4.79 Å². The van der Waals surface area contributed by atoms with Gasteiger partial charge in [-0.2, -0.15) is 5.26 Å². The monoisotopic (exact) mass is 111 g/mol. The van der Waals surface area contributed by atoms with Crippen molar-refractivity contribution >= 4 is 5.91 Å². The first-order chi connectivity index (χ1) is 3.72. The van der Waals surface area contributed by atoms with E-state index in [-0.39, 0.29) is 0 Å². The van der Waals surface area contributed by atoms with Gasteiger partial charge in [0.15, 0.2) is 6.19 Å². The zero-order valence-corrected chi connectivity index (χ0v) is 4.72. The van der Waals surface area contributed by atoms with Gasteiger partial charge in [0.2, 0.25) is 5.91 Å². The van der Waals surface area contributed by atoms with E-state index in [4.69, 9.17) is 5.26 Å². The Morgan fingerprint density at radius 3 is 2.50 bits per heavy atom. The molecular formula is C5H7N2O. The summed E-state index contributed by atoms with van der Waals surface area (Å²) in [6, 6.07) is 0. The second-order valence-corrected chi connectivity index (χ2v) is 1.24. The van der Waals surface area contributed by atoms with Gasteiger partial charge in [-0.05, 0) is 6.92 Å². The van der Waals surface area contributed by atoms with E-state index in [9.17, 15) is 4.79 Å². The van der Waals surface area contributed by atoms with Gasteiger partial charge in [-0.25, -0.2) is 4.90 Å². The van der Waals surface area contributed by atoms with Gasteiger partial charge in [-0.1, -0.05) is 0 Å². The maximum Gasteiger partial charge on any atom is 0.236 e. The van der Waals surface area contributed by atoms with Crippen molar-refractivity contribution < 1.29 is 4.79 Å². The molecule has 1 radical (unpaired) electrons. The predicted octanol–water partition coefficient (Wildman–Crippen LogP) is 0.150. The van der Waals surface area contributed by atoms with Gasteiger partial charge in [0, 0.05) is 13.5 Å². The third-order valence-electron chi connectivity index (χ3n) is 0.738. The molecule has 0 aromatic rings. The van der Waals surface area contributed by atoms with E-state index < -0.39 is 5.91 Å². The van der Waals surface area contributed by atoms with Gasteiger partial charge < -0.3 is 0 Å². The minimum atomic E-state index is -0.449. The highest BCUT2D eigenvalue weighted by molar-refractivity contribution is 5.81. The highest BCUT2D eigenvalue weighted by atomic mass is 16.2. The smallest absolute Gasteiger partial charge is 0.236 e. The fourth-order valence-corrected chi connectivity index (χ4v) is 0.303. The molecule has 0 aromatic carbocycles. The molecule has 0 rings (SSSR count). The summed E-state index contributed by atoms with van der Waals surface area (Å²) in [6.45, 7) is 5.16. The maximum atomic E-state index is 10.2. The molecule has 3 nitrogen and oxygen atoms in total. The lowest BCUT2D eigenvalue weighted by Crippen LogP contribution is -2.22. The van der Waals surface area contributed by atoms with Gasteiger partial charge >= 0.3 is 0 Å². The molecular weight excluding hydrogens is 104 g/mol. The number of carbonyl (C=O) groups is 1. The highest BCUT2D eigenvalue weighted by Crippen LogP contribution is 1.81. The first kappa shape index (κ1) is 6.96. The van der Waals surface area contributed by atoms with Gasteiger partial charge in [-0.15, -0.1) is 0 Å². The number of hydrogen-bond donors (Lipinski definition) is 0. The van der Waals surface area contributed by atoms with Crippen molar-refractivity contribution in [2.45, 2.75) is 6.92 Å². The van der Waals surface area contributed by atoms with Gasteiger partial charge in [-0.3, -0.25) is 4.79 Å². The lowest BCUT2D eigenvalue weighted by atomic mass is 10.5. The molecule has 0 aliphatic carbocycles. The van der Waals surface area contributed by atoms with Crippen LogP contribution < -0.4 is 0 Å². The molecule has 0 aromatic heterocycles. The Hall–Kier alpha value is -1.04. The molecule has 0 spiro atoms. The summed E-state index contributed by atoms with van der Waals surface area (Å²) in [5.41, 5.74) is 0. The lowest BCUT2D eigenvalue weighted by molar-refractivity contribution is -0.123. The van der Waals surface area contributed by atoms with Crippen molar-refractivity contribution in [2.75, 3.05) is 6.54 Å². The Morgan fingerprint density at radius 1 is 2.00 bits per heavy atom. The van der Waals surface area contributed by atoms with Crippen molar-refractivity contribution in [3.05, 3.63) is 6.92 Å². The van der Waals surface area contributed by atoms with E-state index in [2.05, 4.69) is 6.92 Å². The minimum absolute atomic E-state index is 0.402. The third kappa shape index (κ3) is 1.61. The second kappa shape index (κ2) is 3.03. The summed E-state index contributed by atoms with van der Waals surface area (Å²) < 4.78 is 0. The van der Waals surface area contributed by atoms with Crippen molar-refractivity contribution in [1.29, 1.82) is 5.26 Å². The first-order valence-corrected chi connectivity index (χ1v) is 2.25. The maximum absolute atomic E-state index is 10.2. The summed E-state index contributed by atoms with van der Waals surface area (Å²) in [6.07, 6.45) is 1.67. The molecule has 0 fully saturated rings. The fraction of sp³-hybridized carbons (Fsp3) is 0.400. The normalized spacial score (nSPS) is 7.62.